The van der Waals surface area contributed by atoms with Crippen molar-refractivity contribution in [2.75, 3.05) is 0 Å². The molecule has 0 fully saturated rings. The molecule has 0 spiro atoms. The number of nitrogens with two attached hydrogens (primary N) is 1. The Morgan fingerprint density at radius 1 is 1.37 bits per heavy atom. The molecule has 1 aromatic carbocycles. The van der Waals surface area contributed by atoms with E-state index < -0.39 is 0 Å². The highest BCUT2D eigenvalue weighted by Crippen LogP contribution is 2.25. The van der Waals surface area contributed by atoms with Gasteiger partial charge in [-0.15, -0.1) is 5.10 Å². The fourth-order valence-electron chi connectivity index (χ4n) is 1.83. The molecule has 0 amide bonds. The number of nitro groups is 1. The van der Waals surface area contributed by atoms with Gasteiger partial charge in [0.1, 0.15) is 0 Å². The zero-order valence-corrected chi connectivity index (χ0v) is 11.0. The van der Waals surface area contributed by atoms with E-state index in [0.29, 0.717) is 11.3 Å². The maximum absolute atomic E-state index is 10.9. The topological polar surface area (TPSA) is 99.9 Å². The summed E-state index contributed by atoms with van der Waals surface area (Å²) in [5, 5.41) is 18.8. The lowest BCUT2D eigenvalue weighted by molar-refractivity contribution is -0.385. The van der Waals surface area contributed by atoms with Gasteiger partial charge >= 0.3 is 0 Å². The molecule has 0 aliphatic carbocycles. The van der Waals surface area contributed by atoms with Gasteiger partial charge in [0.25, 0.3) is 5.69 Å². The molecule has 0 radical (unpaired) electrons. The van der Waals surface area contributed by atoms with Crippen LogP contribution in [0.3, 0.4) is 0 Å². The van der Waals surface area contributed by atoms with Crippen LogP contribution in [0, 0.1) is 24.0 Å². The van der Waals surface area contributed by atoms with Crippen molar-refractivity contribution in [3.63, 3.8) is 0 Å². The lowest BCUT2D eigenvalue weighted by Gasteiger charge is -2.07. The molecule has 7 heteroatoms. The number of aryl methyl sites for hydroxylation is 2. The van der Waals surface area contributed by atoms with E-state index in [0.717, 1.165) is 11.3 Å². The maximum Gasteiger partial charge on any atom is 0.272 e. The van der Waals surface area contributed by atoms with Crippen LogP contribution in [0.4, 0.5) is 5.69 Å². The number of nitrogens with zero attached hydrogens (tertiary/aromatic N) is 4. The molecule has 1 heterocycles. The molecule has 0 saturated carbocycles. The normalized spacial score (nSPS) is 12.4. The van der Waals surface area contributed by atoms with Crippen LogP contribution in [0.1, 0.15) is 29.8 Å². The van der Waals surface area contributed by atoms with Crippen molar-refractivity contribution >= 4 is 5.69 Å². The Labute approximate surface area is 110 Å². The number of rotatable bonds is 3. The monoisotopic (exact) mass is 261 g/mol. The van der Waals surface area contributed by atoms with E-state index in [4.69, 9.17) is 5.73 Å². The Balaban J connectivity index is 2.50. The molecule has 2 aromatic rings. The standard InChI is InChI=1S/C12H15N5O2/c1-7-5-12(17(18)19)8(2)4-11(7)16-6-10(9(3)13)14-15-16/h4-6,9H,13H2,1-3H3. The molecule has 1 aromatic heterocycles. The lowest BCUT2D eigenvalue weighted by Crippen LogP contribution is -2.05. The molecule has 100 valence electrons. The first-order valence-electron chi connectivity index (χ1n) is 5.84. The first kappa shape index (κ1) is 13.2. The van der Waals surface area contributed by atoms with Crippen LogP contribution in [-0.2, 0) is 0 Å². The minimum absolute atomic E-state index is 0.105. The SMILES string of the molecule is Cc1cc([N+](=O)[O-])c(C)cc1-n1cc(C(C)N)nn1. The second-order valence-electron chi connectivity index (χ2n) is 4.56. The quantitative estimate of drug-likeness (QED) is 0.670. The van der Waals surface area contributed by atoms with Gasteiger partial charge in [-0.25, -0.2) is 4.68 Å². The Hall–Kier alpha value is -2.28. The highest BCUT2D eigenvalue weighted by Gasteiger charge is 2.15. The highest BCUT2D eigenvalue weighted by atomic mass is 16.6. The van der Waals surface area contributed by atoms with Gasteiger partial charge in [0.15, 0.2) is 0 Å². The molecule has 1 unspecified atom stereocenters. The minimum atomic E-state index is -0.388. The number of aromatic nitrogens is 3. The molecule has 0 bridgehead atoms. The van der Waals surface area contributed by atoms with E-state index >= 15 is 0 Å². The number of benzene rings is 1. The van der Waals surface area contributed by atoms with Crippen molar-refractivity contribution in [2.45, 2.75) is 26.8 Å². The summed E-state index contributed by atoms with van der Waals surface area (Å²) < 4.78 is 1.59. The third-order valence-electron chi connectivity index (χ3n) is 2.94. The molecule has 0 saturated heterocycles. The van der Waals surface area contributed by atoms with Gasteiger partial charge in [0, 0.05) is 17.7 Å². The first-order chi connectivity index (χ1) is 8.90. The summed E-state index contributed by atoms with van der Waals surface area (Å²) in [6.07, 6.45) is 1.73. The van der Waals surface area contributed by atoms with Gasteiger partial charge in [0.2, 0.25) is 0 Å². The van der Waals surface area contributed by atoms with Gasteiger partial charge < -0.3 is 5.73 Å². The van der Waals surface area contributed by atoms with Crippen LogP contribution in [0.5, 0.6) is 0 Å². The molecule has 2 N–H and O–H groups in total. The van der Waals surface area contributed by atoms with Crippen LogP contribution in [0.2, 0.25) is 0 Å². The summed E-state index contributed by atoms with van der Waals surface area (Å²) in [4.78, 5) is 10.5. The van der Waals surface area contributed by atoms with E-state index in [2.05, 4.69) is 10.3 Å². The third kappa shape index (κ3) is 2.45. The van der Waals surface area contributed by atoms with E-state index in [9.17, 15) is 10.1 Å². The molecular formula is C12H15N5O2. The average Bonchev–Trinajstić information content (AvgIpc) is 2.80. The summed E-state index contributed by atoms with van der Waals surface area (Å²) >= 11 is 0. The summed E-state index contributed by atoms with van der Waals surface area (Å²) in [5.74, 6) is 0. The van der Waals surface area contributed by atoms with E-state index in [1.54, 1.807) is 30.8 Å². The smallest absolute Gasteiger partial charge is 0.272 e. The fraction of sp³-hybridized carbons (Fsp3) is 0.333. The molecule has 1 atom stereocenters. The minimum Gasteiger partial charge on any atom is -0.323 e. The molecule has 0 aliphatic rings. The van der Waals surface area contributed by atoms with Crippen molar-refractivity contribution in [1.29, 1.82) is 0 Å². The van der Waals surface area contributed by atoms with Gasteiger partial charge in [-0.05, 0) is 32.4 Å². The van der Waals surface area contributed by atoms with Gasteiger partial charge in [-0.1, -0.05) is 5.21 Å². The van der Waals surface area contributed by atoms with Crippen molar-refractivity contribution in [3.8, 4) is 5.69 Å². The number of hydrogen-bond donors (Lipinski definition) is 1. The third-order valence-corrected chi connectivity index (χ3v) is 2.94. The molecule has 0 aliphatic heterocycles. The van der Waals surface area contributed by atoms with Crippen molar-refractivity contribution in [3.05, 3.63) is 45.3 Å². The zero-order chi connectivity index (χ0) is 14.2. The van der Waals surface area contributed by atoms with E-state index in [-0.39, 0.29) is 16.7 Å². The number of hydrogen-bond acceptors (Lipinski definition) is 5. The van der Waals surface area contributed by atoms with Crippen molar-refractivity contribution in [2.24, 2.45) is 5.73 Å². The molecular weight excluding hydrogens is 246 g/mol. The summed E-state index contributed by atoms with van der Waals surface area (Å²) in [5.41, 5.74) is 8.63. The van der Waals surface area contributed by atoms with Crippen LogP contribution < -0.4 is 5.73 Å². The number of nitro benzene ring substituents is 1. The summed E-state index contributed by atoms with van der Waals surface area (Å²) in [6.45, 7) is 5.32. The summed E-state index contributed by atoms with van der Waals surface area (Å²) in [6, 6.07) is 3.07. The Kier molecular flexibility index (Phi) is 3.30. The van der Waals surface area contributed by atoms with E-state index in [1.807, 2.05) is 6.92 Å². The molecule has 19 heavy (non-hydrogen) atoms. The van der Waals surface area contributed by atoms with Gasteiger partial charge in [-0.3, -0.25) is 10.1 Å². The highest BCUT2D eigenvalue weighted by molar-refractivity contribution is 5.52. The van der Waals surface area contributed by atoms with Gasteiger partial charge in [0.05, 0.1) is 22.5 Å². The predicted molar refractivity (Wildman–Crippen MR) is 70.1 cm³/mol. The summed E-state index contributed by atoms with van der Waals surface area (Å²) in [7, 11) is 0. The van der Waals surface area contributed by atoms with E-state index in [1.165, 1.54) is 6.07 Å². The Morgan fingerprint density at radius 3 is 2.58 bits per heavy atom. The van der Waals surface area contributed by atoms with Crippen LogP contribution in [-0.4, -0.2) is 19.9 Å². The van der Waals surface area contributed by atoms with Gasteiger partial charge in [-0.2, -0.15) is 0 Å². The van der Waals surface area contributed by atoms with Crippen molar-refractivity contribution < 1.29 is 4.92 Å². The Morgan fingerprint density at radius 2 is 2.05 bits per heavy atom. The molecule has 2 rings (SSSR count). The Bertz CT molecular complexity index is 633. The first-order valence-corrected chi connectivity index (χ1v) is 5.84. The molecule has 7 nitrogen and oxygen atoms in total. The second-order valence-corrected chi connectivity index (χ2v) is 4.56. The maximum atomic E-state index is 10.9. The van der Waals surface area contributed by atoms with Crippen LogP contribution >= 0.6 is 0 Å². The largest absolute Gasteiger partial charge is 0.323 e. The zero-order valence-electron chi connectivity index (χ0n) is 11.0. The second kappa shape index (κ2) is 4.77. The fourth-order valence-corrected chi connectivity index (χ4v) is 1.83. The predicted octanol–water partition coefficient (Wildman–Crippen LogP) is 1.81. The van der Waals surface area contributed by atoms with Crippen LogP contribution in [0.15, 0.2) is 18.3 Å². The average molecular weight is 261 g/mol. The van der Waals surface area contributed by atoms with Crippen molar-refractivity contribution in [1.82, 2.24) is 15.0 Å². The van der Waals surface area contributed by atoms with Crippen LogP contribution in [0.25, 0.3) is 5.69 Å². The lowest BCUT2D eigenvalue weighted by atomic mass is 10.1.